The minimum atomic E-state index is -1.11. The van der Waals surface area contributed by atoms with E-state index in [1.165, 1.54) is 7.11 Å². The molecule has 0 saturated heterocycles. The number of aliphatic hydroxyl groups is 2. The quantitative estimate of drug-likeness (QED) is 0.669. The van der Waals surface area contributed by atoms with Crippen molar-refractivity contribution in [2.45, 2.75) is 18.8 Å². The molecule has 3 heteroatoms. The van der Waals surface area contributed by atoms with Gasteiger partial charge in [0.1, 0.15) is 6.10 Å². The number of rotatable bonds is 4. The monoisotopic (exact) mass is 182 g/mol. The Bertz CT molecular complexity index is 235. The summed E-state index contributed by atoms with van der Waals surface area (Å²) in [7, 11) is 1.36. The lowest BCUT2D eigenvalue weighted by molar-refractivity contribution is -0.143. The van der Waals surface area contributed by atoms with Gasteiger partial charge in [0.25, 0.3) is 0 Å². The van der Waals surface area contributed by atoms with Gasteiger partial charge < -0.3 is 14.9 Å². The highest BCUT2D eigenvalue weighted by molar-refractivity contribution is 5.15. The van der Waals surface area contributed by atoms with Gasteiger partial charge in [0.2, 0.25) is 0 Å². The molecule has 0 saturated carbocycles. The Labute approximate surface area is 77.6 Å². The average Bonchev–Trinajstić information content (AvgIpc) is 2.18. The summed E-state index contributed by atoms with van der Waals surface area (Å²) in [6, 6.07) is 9.47. The standard InChI is InChI=1S/C10H14O3/c1-13-10(12)9(11)7-8-5-3-2-4-6-8/h2-6,9-12H,7H2,1H3. The lowest BCUT2D eigenvalue weighted by atomic mass is 10.1. The van der Waals surface area contributed by atoms with Crippen LogP contribution in [0, 0.1) is 0 Å². The second-order valence-corrected chi connectivity index (χ2v) is 2.88. The Morgan fingerprint density at radius 3 is 2.38 bits per heavy atom. The van der Waals surface area contributed by atoms with Crippen molar-refractivity contribution in [1.29, 1.82) is 0 Å². The van der Waals surface area contributed by atoms with Crippen LogP contribution in [0.3, 0.4) is 0 Å². The van der Waals surface area contributed by atoms with E-state index in [2.05, 4.69) is 4.74 Å². The zero-order chi connectivity index (χ0) is 9.68. The van der Waals surface area contributed by atoms with Crippen LogP contribution in [0.5, 0.6) is 0 Å². The van der Waals surface area contributed by atoms with Gasteiger partial charge in [-0.25, -0.2) is 0 Å². The highest BCUT2D eigenvalue weighted by atomic mass is 16.6. The molecule has 2 atom stereocenters. The van der Waals surface area contributed by atoms with E-state index >= 15 is 0 Å². The predicted molar refractivity (Wildman–Crippen MR) is 49.2 cm³/mol. The fourth-order valence-corrected chi connectivity index (χ4v) is 1.11. The molecule has 0 spiro atoms. The largest absolute Gasteiger partial charge is 0.387 e. The van der Waals surface area contributed by atoms with E-state index in [1.54, 1.807) is 0 Å². The van der Waals surface area contributed by atoms with Gasteiger partial charge in [-0.05, 0) is 5.56 Å². The van der Waals surface area contributed by atoms with Crippen LogP contribution in [0.4, 0.5) is 0 Å². The third-order valence-corrected chi connectivity index (χ3v) is 1.86. The Balaban J connectivity index is 2.50. The molecule has 0 radical (unpaired) electrons. The number of methoxy groups -OCH3 is 1. The van der Waals surface area contributed by atoms with Crippen molar-refractivity contribution < 1.29 is 14.9 Å². The zero-order valence-corrected chi connectivity index (χ0v) is 7.55. The van der Waals surface area contributed by atoms with Crippen molar-refractivity contribution >= 4 is 0 Å². The van der Waals surface area contributed by atoms with E-state index in [4.69, 9.17) is 5.11 Å². The SMILES string of the molecule is COC(O)C(O)Cc1ccccc1. The van der Waals surface area contributed by atoms with Crippen LogP contribution in [0.15, 0.2) is 30.3 Å². The van der Waals surface area contributed by atoms with Gasteiger partial charge in [-0.1, -0.05) is 30.3 Å². The van der Waals surface area contributed by atoms with Crippen LogP contribution in [0.1, 0.15) is 5.56 Å². The van der Waals surface area contributed by atoms with Gasteiger partial charge >= 0.3 is 0 Å². The minimum Gasteiger partial charge on any atom is -0.387 e. The van der Waals surface area contributed by atoms with E-state index < -0.39 is 12.4 Å². The summed E-state index contributed by atoms with van der Waals surface area (Å²) in [5.74, 6) is 0. The van der Waals surface area contributed by atoms with Gasteiger partial charge in [0.05, 0.1) is 0 Å². The highest BCUT2D eigenvalue weighted by Crippen LogP contribution is 2.05. The number of hydrogen-bond donors (Lipinski definition) is 2. The zero-order valence-electron chi connectivity index (χ0n) is 7.55. The Morgan fingerprint density at radius 1 is 1.23 bits per heavy atom. The molecule has 0 aliphatic heterocycles. The Hall–Kier alpha value is -0.900. The molecule has 0 aliphatic rings. The van der Waals surface area contributed by atoms with Crippen molar-refractivity contribution in [3.63, 3.8) is 0 Å². The first kappa shape index (κ1) is 10.2. The summed E-state index contributed by atoms with van der Waals surface area (Å²) in [4.78, 5) is 0. The third-order valence-electron chi connectivity index (χ3n) is 1.86. The molecule has 0 bridgehead atoms. The summed E-state index contributed by atoms with van der Waals surface area (Å²) >= 11 is 0. The fourth-order valence-electron chi connectivity index (χ4n) is 1.11. The van der Waals surface area contributed by atoms with E-state index in [0.29, 0.717) is 6.42 Å². The van der Waals surface area contributed by atoms with E-state index in [-0.39, 0.29) is 0 Å². The topological polar surface area (TPSA) is 49.7 Å². The first-order valence-electron chi connectivity index (χ1n) is 4.17. The first-order chi connectivity index (χ1) is 6.24. The third kappa shape index (κ3) is 3.14. The normalized spacial score (nSPS) is 15.3. The van der Waals surface area contributed by atoms with Crippen molar-refractivity contribution in [2.75, 3.05) is 7.11 Å². The average molecular weight is 182 g/mol. The second kappa shape index (κ2) is 4.97. The Kier molecular flexibility index (Phi) is 3.89. The summed E-state index contributed by atoms with van der Waals surface area (Å²) in [6.07, 6.45) is -1.58. The van der Waals surface area contributed by atoms with E-state index in [0.717, 1.165) is 5.56 Å². The molecule has 2 N–H and O–H groups in total. The summed E-state index contributed by atoms with van der Waals surface area (Å²) in [5, 5.41) is 18.5. The maximum absolute atomic E-state index is 9.40. The maximum Gasteiger partial charge on any atom is 0.180 e. The van der Waals surface area contributed by atoms with Gasteiger partial charge in [-0.15, -0.1) is 0 Å². The highest BCUT2D eigenvalue weighted by Gasteiger charge is 2.14. The molecule has 0 amide bonds. The molecule has 1 rings (SSSR count). The van der Waals surface area contributed by atoms with E-state index in [9.17, 15) is 5.11 Å². The van der Waals surface area contributed by atoms with Crippen molar-refractivity contribution in [3.05, 3.63) is 35.9 Å². The fraction of sp³-hybridized carbons (Fsp3) is 0.400. The molecule has 0 fully saturated rings. The molecule has 0 aromatic heterocycles. The number of benzene rings is 1. The molecule has 2 unspecified atom stereocenters. The summed E-state index contributed by atoms with van der Waals surface area (Å²) in [6.45, 7) is 0. The molecule has 3 nitrogen and oxygen atoms in total. The molecule has 13 heavy (non-hydrogen) atoms. The summed E-state index contributed by atoms with van der Waals surface area (Å²) < 4.78 is 4.59. The van der Waals surface area contributed by atoms with Crippen molar-refractivity contribution in [1.82, 2.24) is 0 Å². The molecule has 1 aromatic rings. The van der Waals surface area contributed by atoms with Crippen LogP contribution < -0.4 is 0 Å². The number of hydrogen-bond acceptors (Lipinski definition) is 3. The van der Waals surface area contributed by atoms with Crippen molar-refractivity contribution in [3.8, 4) is 0 Å². The first-order valence-corrected chi connectivity index (χ1v) is 4.17. The maximum atomic E-state index is 9.40. The lowest BCUT2D eigenvalue weighted by Crippen LogP contribution is -2.29. The van der Waals surface area contributed by atoms with Crippen LogP contribution in [0.25, 0.3) is 0 Å². The van der Waals surface area contributed by atoms with E-state index in [1.807, 2.05) is 30.3 Å². The molecular formula is C10H14O3. The molecule has 0 aliphatic carbocycles. The van der Waals surface area contributed by atoms with Gasteiger partial charge in [-0.2, -0.15) is 0 Å². The van der Waals surface area contributed by atoms with Gasteiger partial charge in [0.15, 0.2) is 6.29 Å². The van der Waals surface area contributed by atoms with Crippen LogP contribution >= 0.6 is 0 Å². The molecule has 1 aromatic carbocycles. The molecular weight excluding hydrogens is 168 g/mol. The predicted octanol–water partition coefficient (Wildman–Crippen LogP) is 0.555. The van der Waals surface area contributed by atoms with Crippen molar-refractivity contribution in [2.24, 2.45) is 0 Å². The molecule has 72 valence electrons. The van der Waals surface area contributed by atoms with Crippen LogP contribution in [-0.4, -0.2) is 29.7 Å². The molecule has 0 heterocycles. The van der Waals surface area contributed by atoms with Crippen LogP contribution in [-0.2, 0) is 11.2 Å². The van der Waals surface area contributed by atoms with Crippen LogP contribution in [0.2, 0.25) is 0 Å². The number of ether oxygens (including phenoxy) is 1. The number of aliphatic hydroxyl groups excluding tert-OH is 2. The minimum absolute atomic E-state index is 0.399. The second-order valence-electron chi connectivity index (χ2n) is 2.88. The Morgan fingerprint density at radius 2 is 1.85 bits per heavy atom. The van der Waals surface area contributed by atoms with Gasteiger partial charge in [0, 0.05) is 13.5 Å². The lowest BCUT2D eigenvalue weighted by Gasteiger charge is -2.15. The summed E-state index contributed by atoms with van der Waals surface area (Å²) in [5.41, 5.74) is 0.978. The van der Waals surface area contributed by atoms with Gasteiger partial charge in [-0.3, -0.25) is 0 Å². The smallest absolute Gasteiger partial charge is 0.180 e.